The van der Waals surface area contributed by atoms with E-state index >= 15 is 0 Å². The molecule has 1 atom stereocenters. The minimum absolute atomic E-state index is 0. The van der Waals surface area contributed by atoms with E-state index < -0.39 is 5.60 Å². The van der Waals surface area contributed by atoms with Crippen LogP contribution in [0.1, 0.15) is 24.4 Å². The lowest BCUT2D eigenvalue weighted by molar-refractivity contribution is -0.147. The normalized spacial score (nSPS) is 20.4. The molecule has 3 rings (SSSR count). The van der Waals surface area contributed by atoms with Crippen molar-refractivity contribution in [2.24, 2.45) is 0 Å². The summed E-state index contributed by atoms with van der Waals surface area (Å²) in [6, 6.07) is 7.86. The molecular weight excluding hydrogens is 425 g/mol. The molecule has 1 amide bonds. The number of hydrogen-bond acceptors (Lipinski definition) is 5. The average molecular weight is 455 g/mol. The number of rotatable bonds is 6. The van der Waals surface area contributed by atoms with E-state index in [0.717, 1.165) is 36.8 Å². The van der Waals surface area contributed by atoms with Gasteiger partial charge in [-0.1, -0.05) is 29.8 Å². The fourth-order valence-corrected chi connectivity index (χ4v) is 4.04. The van der Waals surface area contributed by atoms with Crippen molar-refractivity contribution in [1.82, 2.24) is 15.5 Å². The summed E-state index contributed by atoms with van der Waals surface area (Å²) in [5, 5.41) is 7.14. The molecule has 2 heterocycles. The zero-order valence-corrected chi connectivity index (χ0v) is 18.5. The highest BCUT2D eigenvalue weighted by Gasteiger charge is 2.40. The van der Waals surface area contributed by atoms with E-state index in [-0.39, 0.29) is 36.8 Å². The van der Waals surface area contributed by atoms with Gasteiger partial charge in [0.2, 0.25) is 0 Å². The molecule has 160 valence electrons. The topological polar surface area (TPSA) is 62.8 Å². The van der Waals surface area contributed by atoms with Crippen LogP contribution in [-0.2, 0) is 14.3 Å². The predicted octanol–water partition coefficient (Wildman–Crippen LogP) is 2.44. The van der Waals surface area contributed by atoms with E-state index in [9.17, 15) is 4.79 Å². The number of amides is 1. The highest BCUT2D eigenvalue weighted by Crippen LogP contribution is 2.28. The lowest BCUT2D eigenvalue weighted by Crippen LogP contribution is -2.55. The molecule has 0 aromatic heterocycles. The van der Waals surface area contributed by atoms with Crippen LogP contribution in [0.25, 0.3) is 0 Å². The number of carbonyl (C=O) groups is 1. The Balaban J connectivity index is 0.00000196. The molecule has 1 aromatic rings. The Bertz CT molecular complexity index is 609. The Morgan fingerprint density at radius 2 is 1.93 bits per heavy atom. The van der Waals surface area contributed by atoms with E-state index in [1.807, 2.05) is 24.3 Å². The van der Waals surface area contributed by atoms with Gasteiger partial charge in [0.05, 0.1) is 19.3 Å². The second-order valence-electron chi connectivity index (χ2n) is 6.84. The fourth-order valence-electron chi connectivity index (χ4n) is 3.78. The summed E-state index contributed by atoms with van der Waals surface area (Å²) in [6.07, 6.45) is 1.37. The van der Waals surface area contributed by atoms with Gasteiger partial charge in [-0.05, 0) is 37.6 Å². The number of carbonyl (C=O) groups excluding carboxylic acids is 1. The molecule has 0 radical (unpaired) electrons. The van der Waals surface area contributed by atoms with Crippen LogP contribution in [0.4, 0.5) is 0 Å². The van der Waals surface area contributed by atoms with Crippen LogP contribution in [0.15, 0.2) is 24.3 Å². The summed E-state index contributed by atoms with van der Waals surface area (Å²) in [4.78, 5) is 15.2. The van der Waals surface area contributed by atoms with E-state index in [4.69, 9.17) is 21.1 Å². The second kappa shape index (κ2) is 12.2. The van der Waals surface area contributed by atoms with Crippen LogP contribution >= 0.6 is 36.4 Å². The van der Waals surface area contributed by atoms with Crippen molar-refractivity contribution in [2.45, 2.75) is 24.5 Å². The molecule has 0 spiro atoms. The highest BCUT2D eigenvalue weighted by molar-refractivity contribution is 6.31. The van der Waals surface area contributed by atoms with E-state index in [1.54, 1.807) is 7.11 Å². The minimum atomic E-state index is -0.735. The first-order valence-electron chi connectivity index (χ1n) is 9.27. The van der Waals surface area contributed by atoms with Gasteiger partial charge in [-0.2, -0.15) is 0 Å². The largest absolute Gasteiger partial charge is 0.379 e. The standard InChI is InChI=1S/C19H28ClN3O3.2ClH/c1-25-19(6-8-21-9-7-19)18(24)22-14-17(23-10-12-26-13-11-23)15-4-2-3-5-16(15)20;;/h2-5,17,21H,6-14H2,1H3,(H,22,24);2*1H. The number of nitrogens with one attached hydrogen (secondary N) is 2. The first-order valence-corrected chi connectivity index (χ1v) is 9.64. The molecule has 0 saturated carbocycles. The lowest BCUT2D eigenvalue weighted by atomic mass is 9.91. The van der Waals surface area contributed by atoms with Gasteiger partial charge < -0.3 is 20.1 Å². The Labute approximate surface area is 184 Å². The molecule has 9 heteroatoms. The first kappa shape index (κ1) is 25.4. The number of ether oxygens (including phenoxy) is 2. The first-order chi connectivity index (χ1) is 12.7. The number of benzene rings is 1. The smallest absolute Gasteiger partial charge is 0.252 e. The molecule has 6 nitrogen and oxygen atoms in total. The fraction of sp³-hybridized carbons (Fsp3) is 0.632. The van der Waals surface area contributed by atoms with Gasteiger partial charge in [0.25, 0.3) is 5.91 Å². The zero-order chi connectivity index (χ0) is 18.4. The number of halogens is 3. The minimum Gasteiger partial charge on any atom is -0.379 e. The Hall–Kier alpha value is -0.600. The Morgan fingerprint density at radius 1 is 1.29 bits per heavy atom. The summed E-state index contributed by atoms with van der Waals surface area (Å²) in [5.41, 5.74) is 0.300. The summed E-state index contributed by atoms with van der Waals surface area (Å²) >= 11 is 6.45. The summed E-state index contributed by atoms with van der Waals surface area (Å²) in [7, 11) is 1.62. The van der Waals surface area contributed by atoms with Gasteiger partial charge in [-0.3, -0.25) is 9.69 Å². The van der Waals surface area contributed by atoms with Gasteiger partial charge in [0, 0.05) is 31.8 Å². The predicted molar refractivity (Wildman–Crippen MR) is 116 cm³/mol. The van der Waals surface area contributed by atoms with Crippen LogP contribution in [0.3, 0.4) is 0 Å². The highest BCUT2D eigenvalue weighted by atomic mass is 35.5. The third kappa shape index (κ3) is 5.95. The van der Waals surface area contributed by atoms with E-state index in [2.05, 4.69) is 15.5 Å². The molecule has 2 saturated heterocycles. The second-order valence-corrected chi connectivity index (χ2v) is 7.25. The monoisotopic (exact) mass is 453 g/mol. The number of methoxy groups -OCH3 is 1. The lowest BCUT2D eigenvalue weighted by Gasteiger charge is -2.38. The van der Waals surface area contributed by atoms with Crippen LogP contribution in [-0.4, -0.2) is 69.5 Å². The maximum absolute atomic E-state index is 12.9. The number of hydrogen-bond donors (Lipinski definition) is 2. The van der Waals surface area contributed by atoms with Gasteiger partial charge in [0.1, 0.15) is 5.60 Å². The van der Waals surface area contributed by atoms with Crippen molar-refractivity contribution in [2.75, 3.05) is 53.0 Å². The maximum atomic E-state index is 12.9. The van der Waals surface area contributed by atoms with Crippen molar-refractivity contribution in [3.05, 3.63) is 34.9 Å². The van der Waals surface area contributed by atoms with Crippen LogP contribution in [0.5, 0.6) is 0 Å². The Morgan fingerprint density at radius 3 is 2.54 bits per heavy atom. The maximum Gasteiger partial charge on any atom is 0.252 e. The Kier molecular flexibility index (Phi) is 11.1. The van der Waals surface area contributed by atoms with Crippen molar-refractivity contribution in [3.63, 3.8) is 0 Å². The molecule has 2 fully saturated rings. The summed E-state index contributed by atoms with van der Waals surface area (Å²) in [6.45, 7) is 5.12. The molecule has 2 aliphatic rings. The number of nitrogens with zero attached hydrogens (tertiary/aromatic N) is 1. The van der Waals surface area contributed by atoms with E-state index in [1.165, 1.54) is 0 Å². The van der Waals surface area contributed by atoms with Gasteiger partial charge in [-0.15, -0.1) is 24.8 Å². The average Bonchev–Trinajstić information content (AvgIpc) is 2.70. The number of morpholine rings is 1. The molecule has 2 aliphatic heterocycles. The van der Waals surface area contributed by atoms with Crippen molar-refractivity contribution in [1.29, 1.82) is 0 Å². The molecule has 0 aliphatic carbocycles. The van der Waals surface area contributed by atoms with Crippen LogP contribution < -0.4 is 10.6 Å². The van der Waals surface area contributed by atoms with Gasteiger partial charge >= 0.3 is 0 Å². The quantitative estimate of drug-likeness (QED) is 0.691. The third-order valence-corrected chi connectivity index (χ3v) is 5.77. The van der Waals surface area contributed by atoms with E-state index in [0.29, 0.717) is 32.6 Å². The third-order valence-electron chi connectivity index (χ3n) is 5.42. The zero-order valence-electron chi connectivity index (χ0n) is 16.1. The molecule has 1 unspecified atom stereocenters. The molecule has 2 N–H and O–H groups in total. The molecule has 0 bridgehead atoms. The van der Waals surface area contributed by atoms with Crippen molar-refractivity contribution in [3.8, 4) is 0 Å². The van der Waals surface area contributed by atoms with Crippen LogP contribution in [0, 0.1) is 0 Å². The van der Waals surface area contributed by atoms with Gasteiger partial charge in [-0.25, -0.2) is 0 Å². The van der Waals surface area contributed by atoms with Crippen LogP contribution in [0.2, 0.25) is 5.02 Å². The van der Waals surface area contributed by atoms with Gasteiger partial charge in [0.15, 0.2) is 0 Å². The number of piperidine rings is 1. The van der Waals surface area contributed by atoms with Crippen molar-refractivity contribution < 1.29 is 14.3 Å². The summed E-state index contributed by atoms with van der Waals surface area (Å²) in [5.74, 6) is -0.0354. The molecule has 1 aromatic carbocycles. The molecular formula is C19H30Cl3N3O3. The molecule has 28 heavy (non-hydrogen) atoms. The SMILES string of the molecule is COC1(C(=O)NCC(c2ccccc2Cl)N2CCOCC2)CCNCC1.Cl.Cl. The van der Waals surface area contributed by atoms with Crippen molar-refractivity contribution >= 4 is 42.3 Å². The summed E-state index contributed by atoms with van der Waals surface area (Å²) < 4.78 is 11.1.